The Balaban J connectivity index is 1.87. The largest absolute Gasteiger partial charge is 0.356 e. The van der Waals surface area contributed by atoms with Gasteiger partial charge in [0.2, 0.25) is 0 Å². The van der Waals surface area contributed by atoms with E-state index in [0.29, 0.717) is 11.3 Å². The van der Waals surface area contributed by atoms with Gasteiger partial charge >= 0.3 is 0 Å². The molecular formula is C16H18FN3OS. The Morgan fingerprint density at radius 1 is 1.45 bits per heavy atom. The van der Waals surface area contributed by atoms with Crippen LogP contribution in [0.3, 0.4) is 0 Å². The molecule has 1 aliphatic rings. The standard InChI is InChI=1S/C16H18FN3OS/c1-18-16(22-2)20-8-4-7-14(20)13-10-15(21-19-13)11-5-3-6-12(17)9-11/h3,5-6,9-10,14H,4,7-8H2,1-2H3/t14-/m1/s1. The molecule has 0 N–H and O–H groups in total. The highest BCUT2D eigenvalue weighted by molar-refractivity contribution is 8.13. The number of hydrogen-bond acceptors (Lipinski definition) is 4. The Morgan fingerprint density at radius 3 is 3.05 bits per heavy atom. The van der Waals surface area contributed by atoms with E-state index >= 15 is 0 Å². The number of likely N-dealkylation sites (tertiary alicyclic amines) is 1. The number of rotatable bonds is 2. The van der Waals surface area contributed by atoms with Crippen LogP contribution in [0, 0.1) is 5.82 Å². The van der Waals surface area contributed by atoms with Crippen molar-refractivity contribution in [1.82, 2.24) is 10.1 Å². The van der Waals surface area contributed by atoms with Crippen LogP contribution in [0.1, 0.15) is 24.6 Å². The summed E-state index contributed by atoms with van der Waals surface area (Å²) < 4.78 is 18.8. The predicted molar refractivity (Wildman–Crippen MR) is 87.5 cm³/mol. The van der Waals surface area contributed by atoms with Crippen molar-refractivity contribution < 1.29 is 8.91 Å². The molecule has 0 radical (unpaired) electrons. The van der Waals surface area contributed by atoms with Crippen LogP contribution < -0.4 is 0 Å². The molecule has 0 amide bonds. The van der Waals surface area contributed by atoms with Crippen LogP contribution in [0.2, 0.25) is 0 Å². The lowest BCUT2D eigenvalue weighted by atomic mass is 10.1. The molecule has 22 heavy (non-hydrogen) atoms. The van der Waals surface area contributed by atoms with Gasteiger partial charge in [-0.15, -0.1) is 0 Å². The molecule has 1 aliphatic heterocycles. The summed E-state index contributed by atoms with van der Waals surface area (Å²) in [6, 6.07) is 8.45. The zero-order valence-electron chi connectivity index (χ0n) is 12.6. The van der Waals surface area contributed by atoms with Gasteiger partial charge in [-0.2, -0.15) is 0 Å². The van der Waals surface area contributed by atoms with Crippen molar-refractivity contribution >= 4 is 16.9 Å². The van der Waals surface area contributed by atoms with Crippen LogP contribution >= 0.6 is 11.8 Å². The van der Waals surface area contributed by atoms with Crippen molar-refractivity contribution in [2.45, 2.75) is 18.9 Å². The Kier molecular flexibility index (Phi) is 4.47. The smallest absolute Gasteiger partial charge is 0.167 e. The molecule has 1 atom stereocenters. The van der Waals surface area contributed by atoms with E-state index in [-0.39, 0.29) is 11.9 Å². The lowest BCUT2D eigenvalue weighted by molar-refractivity contribution is 0.362. The minimum atomic E-state index is -0.277. The van der Waals surface area contributed by atoms with E-state index in [1.54, 1.807) is 17.8 Å². The summed E-state index contributed by atoms with van der Waals surface area (Å²) >= 11 is 1.64. The van der Waals surface area contributed by atoms with Crippen LogP contribution in [-0.4, -0.2) is 35.1 Å². The van der Waals surface area contributed by atoms with Crippen molar-refractivity contribution in [3.8, 4) is 11.3 Å². The van der Waals surface area contributed by atoms with Gasteiger partial charge in [0.15, 0.2) is 10.9 Å². The van der Waals surface area contributed by atoms with E-state index in [2.05, 4.69) is 15.0 Å². The first-order valence-corrected chi connectivity index (χ1v) is 8.45. The number of aromatic nitrogens is 1. The highest BCUT2D eigenvalue weighted by Gasteiger charge is 2.30. The second-order valence-corrected chi connectivity index (χ2v) is 5.96. The van der Waals surface area contributed by atoms with Crippen molar-refractivity contribution in [2.24, 2.45) is 4.99 Å². The maximum Gasteiger partial charge on any atom is 0.167 e. The summed E-state index contributed by atoms with van der Waals surface area (Å²) in [5, 5.41) is 5.21. The lowest BCUT2D eigenvalue weighted by Crippen LogP contribution is -2.28. The highest BCUT2D eigenvalue weighted by atomic mass is 32.2. The first-order valence-electron chi connectivity index (χ1n) is 7.23. The quantitative estimate of drug-likeness (QED) is 0.620. The van der Waals surface area contributed by atoms with Gasteiger partial charge in [-0.05, 0) is 31.2 Å². The first kappa shape index (κ1) is 15.1. The molecule has 1 aromatic carbocycles. The first-order chi connectivity index (χ1) is 10.7. The molecule has 0 saturated carbocycles. The third-order valence-electron chi connectivity index (χ3n) is 3.85. The molecule has 6 heteroatoms. The Hall–Kier alpha value is -1.82. The summed E-state index contributed by atoms with van der Waals surface area (Å²) in [5.41, 5.74) is 1.59. The molecule has 2 aromatic rings. The average Bonchev–Trinajstić information content (AvgIpc) is 3.17. The Bertz CT molecular complexity index is 686. The summed E-state index contributed by atoms with van der Waals surface area (Å²) in [7, 11) is 1.81. The minimum absolute atomic E-state index is 0.178. The zero-order chi connectivity index (χ0) is 15.5. The van der Waals surface area contributed by atoms with Crippen LogP contribution in [0.5, 0.6) is 0 Å². The van der Waals surface area contributed by atoms with E-state index in [9.17, 15) is 4.39 Å². The third-order valence-corrected chi connectivity index (χ3v) is 4.63. The molecule has 1 fully saturated rings. The number of thioether (sulfide) groups is 1. The van der Waals surface area contributed by atoms with E-state index in [1.807, 2.05) is 25.4 Å². The van der Waals surface area contributed by atoms with Gasteiger partial charge in [0.25, 0.3) is 0 Å². The van der Waals surface area contributed by atoms with Gasteiger partial charge in [-0.1, -0.05) is 29.1 Å². The van der Waals surface area contributed by atoms with Crippen LogP contribution in [0.15, 0.2) is 39.8 Å². The van der Waals surface area contributed by atoms with Crippen LogP contribution in [-0.2, 0) is 0 Å². The Morgan fingerprint density at radius 2 is 2.32 bits per heavy atom. The molecule has 3 rings (SSSR count). The van der Waals surface area contributed by atoms with E-state index in [4.69, 9.17) is 4.52 Å². The fraction of sp³-hybridized carbons (Fsp3) is 0.375. The Labute approximate surface area is 133 Å². The molecule has 4 nitrogen and oxygen atoms in total. The van der Waals surface area contributed by atoms with Gasteiger partial charge in [0.05, 0.1) is 6.04 Å². The number of amidine groups is 1. The van der Waals surface area contributed by atoms with Gasteiger partial charge in [0, 0.05) is 25.2 Å². The molecule has 1 aromatic heterocycles. The SMILES string of the molecule is CN=C(SC)N1CCC[C@@H]1c1cc(-c2cccc(F)c2)on1. The number of hydrogen-bond donors (Lipinski definition) is 0. The monoisotopic (exact) mass is 319 g/mol. The van der Waals surface area contributed by atoms with Gasteiger partial charge in [-0.3, -0.25) is 4.99 Å². The number of nitrogens with zero attached hydrogens (tertiary/aromatic N) is 3. The van der Waals surface area contributed by atoms with Crippen molar-refractivity contribution in [2.75, 3.05) is 19.8 Å². The van der Waals surface area contributed by atoms with Crippen molar-refractivity contribution in [3.05, 3.63) is 41.8 Å². The summed E-state index contributed by atoms with van der Waals surface area (Å²) in [5.74, 6) is 0.321. The average molecular weight is 319 g/mol. The van der Waals surface area contributed by atoms with Crippen LogP contribution in [0.25, 0.3) is 11.3 Å². The second kappa shape index (κ2) is 6.52. The molecule has 1 saturated heterocycles. The number of aliphatic imine (C=N–C) groups is 1. The van der Waals surface area contributed by atoms with E-state index < -0.39 is 0 Å². The normalized spacial score (nSPS) is 19.0. The minimum Gasteiger partial charge on any atom is -0.356 e. The molecule has 116 valence electrons. The molecule has 0 aliphatic carbocycles. The fourth-order valence-corrected chi connectivity index (χ4v) is 3.50. The van der Waals surface area contributed by atoms with Gasteiger partial charge < -0.3 is 9.42 Å². The molecular weight excluding hydrogens is 301 g/mol. The molecule has 0 bridgehead atoms. The summed E-state index contributed by atoms with van der Waals surface area (Å²) in [6.07, 6.45) is 4.15. The summed E-state index contributed by atoms with van der Waals surface area (Å²) in [6.45, 7) is 0.973. The molecule has 2 heterocycles. The number of halogens is 1. The molecule has 0 spiro atoms. The zero-order valence-corrected chi connectivity index (χ0v) is 13.4. The molecule has 0 unspecified atom stereocenters. The maximum atomic E-state index is 13.3. The highest BCUT2D eigenvalue weighted by Crippen LogP contribution is 2.35. The fourth-order valence-electron chi connectivity index (χ4n) is 2.86. The second-order valence-electron chi connectivity index (χ2n) is 5.19. The van der Waals surface area contributed by atoms with Gasteiger partial charge in [-0.25, -0.2) is 4.39 Å². The lowest BCUT2D eigenvalue weighted by Gasteiger charge is -2.24. The van der Waals surface area contributed by atoms with Crippen LogP contribution in [0.4, 0.5) is 4.39 Å². The van der Waals surface area contributed by atoms with E-state index in [0.717, 1.165) is 30.2 Å². The maximum absolute atomic E-state index is 13.3. The topological polar surface area (TPSA) is 41.6 Å². The van der Waals surface area contributed by atoms with Gasteiger partial charge in [0.1, 0.15) is 11.5 Å². The number of benzene rings is 1. The van der Waals surface area contributed by atoms with Crippen molar-refractivity contribution in [3.63, 3.8) is 0 Å². The predicted octanol–water partition coefficient (Wildman–Crippen LogP) is 3.97. The summed E-state index contributed by atoms with van der Waals surface area (Å²) in [4.78, 5) is 6.60. The van der Waals surface area contributed by atoms with Crippen molar-refractivity contribution in [1.29, 1.82) is 0 Å². The third kappa shape index (κ3) is 2.88. The van der Waals surface area contributed by atoms with E-state index in [1.165, 1.54) is 12.1 Å².